The molecule has 0 aromatic carbocycles. The second kappa shape index (κ2) is 4.35. The Morgan fingerprint density at radius 2 is 2.00 bits per heavy atom. The Bertz CT molecular complexity index is 306. The molecule has 0 saturated carbocycles. The molecule has 4 nitrogen and oxygen atoms in total. The van der Waals surface area contributed by atoms with Gasteiger partial charge in [0.05, 0.1) is 0 Å². The summed E-state index contributed by atoms with van der Waals surface area (Å²) in [6, 6.07) is 1.67. The van der Waals surface area contributed by atoms with Crippen molar-refractivity contribution in [3.63, 3.8) is 0 Å². The van der Waals surface area contributed by atoms with Gasteiger partial charge in [-0.25, -0.2) is 9.97 Å². The summed E-state index contributed by atoms with van der Waals surface area (Å²) in [7, 11) is 3.69. The first-order valence-electron chi connectivity index (χ1n) is 3.86. The van der Waals surface area contributed by atoms with Crippen LogP contribution in [0.4, 0.5) is 0 Å². The van der Waals surface area contributed by atoms with Crippen LogP contribution in [0.3, 0.4) is 0 Å². The second-order valence-electron chi connectivity index (χ2n) is 2.72. The fourth-order valence-electron chi connectivity index (χ4n) is 0.718. The van der Waals surface area contributed by atoms with Crippen molar-refractivity contribution in [3.8, 4) is 0 Å². The molecule has 0 bridgehead atoms. The molecule has 0 radical (unpaired) electrons. The minimum Gasteiger partial charge on any atom is -0.383 e. The van der Waals surface area contributed by atoms with Crippen molar-refractivity contribution >= 4 is 5.78 Å². The summed E-state index contributed by atoms with van der Waals surface area (Å²) in [5.74, 6) is 0.0369. The van der Waals surface area contributed by atoms with E-state index in [1.807, 2.05) is 14.1 Å². The van der Waals surface area contributed by atoms with Crippen molar-refractivity contribution in [3.05, 3.63) is 36.6 Å². The Kier molecular flexibility index (Phi) is 3.14. The summed E-state index contributed by atoms with van der Waals surface area (Å²) in [6.45, 7) is 0. The lowest BCUT2D eigenvalue weighted by Gasteiger charge is -2.01. The molecule has 0 amide bonds. The molecule has 1 heterocycles. The summed E-state index contributed by atoms with van der Waals surface area (Å²) in [5.41, 5.74) is 0. The van der Waals surface area contributed by atoms with Gasteiger partial charge >= 0.3 is 0 Å². The summed E-state index contributed by atoms with van der Waals surface area (Å²) < 4.78 is 0. The van der Waals surface area contributed by atoms with Crippen molar-refractivity contribution in [2.45, 2.75) is 0 Å². The number of nitrogens with zero attached hydrogens (tertiary/aromatic N) is 3. The highest BCUT2D eigenvalue weighted by atomic mass is 16.1. The van der Waals surface area contributed by atoms with Gasteiger partial charge in [0.25, 0.3) is 0 Å². The number of carbonyl (C=O) groups is 1. The van der Waals surface area contributed by atoms with Crippen LogP contribution in [0.1, 0.15) is 10.6 Å². The Balaban J connectivity index is 2.70. The van der Waals surface area contributed by atoms with Gasteiger partial charge in [-0.1, -0.05) is 0 Å². The minimum atomic E-state index is -0.186. The van der Waals surface area contributed by atoms with Gasteiger partial charge in [0.15, 0.2) is 5.82 Å². The number of hydrogen-bond donors (Lipinski definition) is 0. The largest absolute Gasteiger partial charge is 0.383 e. The van der Waals surface area contributed by atoms with Gasteiger partial charge < -0.3 is 4.90 Å². The van der Waals surface area contributed by atoms with E-state index in [4.69, 9.17) is 0 Å². The number of rotatable bonds is 3. The normalized spacial score (nSPS) is 10.3. The first kappa shape index (κ1) is 9.38. The Morgan fingerprint density at radius 3 is 2.54 bits per heavy atom. The third-order valence-electron chi connectivity index (χ3n) is 1.31. The van der Waals surface area contributed by atoms with Gasteiger partial charge in [0.2, 0.25) is 5.78 Å². The van der Waals surface area contributed by atoms with Crippen molar-refractivity contribution in [1.29, 1.82) is 0 Å². The van der Waals surface area contributed by atoms with Gasteiger partial charge in [-0.3, -0.25) is 4.79 Å². The lowest BCUT2D eigenvalue weighted by atomic mass is 10.3. The maximum atomic E-state index is 11.3. The highest BCUT2D eigenvalue weighted by Gasteiger charge is 2.02. The monoisotopic (exact) mass is 177 g/mol. The topological polar surface area (TPSA) is 46.1 Å². The fourth-order valence-corrected chi connectivity index (χ4v) is 0.718. The molecule has 13 heavy (non-hydrogen) atoms. The van der Waals surface area contributed by atoms with Gasteiger partial charge in [-0.15, -0.1) is 0 Å². The van der Waals surface area contributed by atoms with Crippen molar-refractivity contribution in [2.75, 3.05) is 14.1 Å². The molecule has 1 aromatic rings. The number of hydrogen-bond acceptors (Lipinski definition) is 4. The van der Waals surface area contributed by atoms with Gasteiger partial charge in [0, 0.05) is 38.8 Å². The van der Waals surface area contributed by atoms with Crippen LogP contribution in [-0.4, -0.2) is 34.7 Å². The molecule has 0 saturated heterocycles. The van der Waals surface area contributed by atoms with Crippen LogP contribution in [0.2, 0.25) is 0 Å². The van der Waals surface area contributed by atoms with Crippen LogP contribution < -0.4 is 0 Å². The first-order chi connectivity index (χ1) is 6.20. The van der Waals surface area contributed by atoms with E-state index < -0.39 is 0 Å². The summed E-state index contributed by atoms with van der Waals surface area (Å²) >= 11 is 0. The zero-order chi connectivity index (χ0) is 9.68. The number of ketones is 1. The first-order valence-corrected chi connectivity index (χ1v) is 3.86. The van der Waals surface area contributed by atoms with E-state index in [-0.39, 0.29) is 11.6 Å². The summed E-state index contributed by atoms with van der Waals surface area (Å²) in [6.07, 6.45) is 6.20. The molecule has 0 fully saturated rings. The average Bonchev–Trinajstić information content (AvgIpc) is 2.15. The molecule has 0 atom stereocenters. The van der Waals surface area contributed by atoms with Crippen LogP contribution in [0.25, 0.3) is 0 Å². The number of allylic oxidation sites excluding steroid dienone is 1. The SMILES string of the molecule is CN(C)C=CC(=O)c1ncccn1. The molecule has 4 heteroatoms. The minimum absolute atomic E-state index is 0.186. The van der Waals surface area contributed by atoms with E-state index >= 15 is 0 Å². The van der Waals surface area contributed by atoms with Crippen LogP contribution in [0.15, 0.2) is 30.7 Å². The third-order valence-corrected chi connectivity index (χ3v) is 1.31. The molecule has 0 aliphatic rings. The van der Waals surface area contributed by atoms with E-state index in [1.54, 1.807) is 29.6 Å². The van der Waals surface area contributed by atoms with Crippen LogP contribution in [-0.2, 0) is 0 Å². The predicted molar refractivity (Wildman–Crippen MR) is 49.2 cm³/mol. The molecule has 0 aliphatic carbocycles. The Morgan fingerprint density at radius 1 is 1.38 bits per heavy atom. The Hall–Kier alpha value is -1.71. The molecule has 0 spiro atoms. The second-order valence-corrected chi connectivity index (χ2v) is 2.72. The molecule has 1 rings (SSSR count). The van der Waals surface area contributed by atoms with Crippen molar-refractivity contribution in [2.24, 2.45) is 0 Å². The van der Waals surface area contributed by atoms with E-state index in [0.29, 0.717) is 0 Å². The summed E-state index contributed by atoms with van der Waals surface area (Å²) in [5, 5.41) is 0. The lowest BCUT2D eigenvalue weighted by molar-refractivity contribution is 0.103. The molecular weight excluding hydrogens is 166 g/mol. The van der Waals surface area contributed by atoms with Crippen molar-refractivity contribution < 1.29 is 4.79 Å². The lowest BCUT2D eigenvalue weighted by Crippen LogP contribution is -2.05. The van der Waals surface area contributed by atoms with E-state index in [2.05, 4.69) is 9.97 Å². The fraction of sp³-hybridized carbons (Fsp3) is 0.222. The molecule has 0 N–H and O–H groups in total. The quantitative estimate of drug-likeness (QED) is 0.504. The smallest absolute Gasteiger partial charge is 0.224 e. The number of carbonyl (C=O) groups excluding carboxylic acids is 1. The third kappa shape index (κ3) is 3.02. The number of aromatic nitrogens is 2. The summed E-state index contributed by atoms with van der Waals surface area (Å²) in [4.78, 5) is 20.7. The van der Waals surface area contributed by atoms with Crippen molar-refractivity contribution in [1.82, 2.24) is 14.9 Å². The maximum Gasteiger partial charge on any atom is 0.224 e. The molecule has 0 aliphatic heterocycles. The van der Waals surface area contributed by atoms with Crippen LogP contribution in [0.5, 0.6) is 0 Å². The average molecular weight is 177 g/mol. The Labute approximate surface area is 76.9 Å². The standard InChI is InChI=1S/C9H11N3O/c1-12(2)7-4-8(13)9-10-5-3-6-11-9/h3-7H,1-2H3. The molecular formula is C9H11N3O. The predicted octanol–water partition coefficient (Wildman–Crippen LogP) is 0.735. The van der Waals surface area contributed by atoms with Gasteiger partial charge in [0.1, 0.15) is 0 Å². The molecule has 1 aromatic heterocycles. The van der Waals surface area contributed by atoms with Gasteiger partial charge in [-0.2, -0.15) is 0 Å². The van der Waals surface area contributed by atoms with Gasteiger partial charge in [-0.05, 0) is 6.07 Å². The zero-order valence-electron chi connectivity index (χ0n) is 7.64. The zero-order valence-corrected chi connectivity index (χ0v) is 7.64. The van der Waals surface area contributed by atoms with E-state index in [0.717, 1.165) is 0 Å². The highest BCUT2D eigenvalue weighted by Crippen LogP contribution is 1.91. The van der Waals surface area contributed by atoms with E-state index in [1.165, 1.54) is 6.08 Å². The van der Waals surface area contributed by atoms with E-state index in [9.17, 15) is 4.79 Å². The molecule has 68 valence electrons. The highest BCUT2D eigenvalue weighted by molar-refractivity contribution is 6.01. The van der Waals surface area contributed by atoms with Crippen LogP contribution in [0, 0.1) is 0 Å². The molecule has 0 unspecified atom stereocenters. The maximum absolute atomic E-state index is 11.3. The van der Waals surface area contributed by atoms with Crippen LogP contribution >= 0.6 is 0 Å².